The summed E-state index contributed by atoms with van der Waals surface area (Å²) in [6.07, 6.45) is 1.94. The molecule has 0 amide bonds. The minimum absolute atomic E-state index is 0.0162. The molecule has 0 spiro atoms. The molecule has 1 unspecified atom stereocenters. The highest BCUT2D eigenvalue weighted by Gasteiger charge is 2.22. The molecular weight excluding hydrogens is 264 g/mol. The van der Waals surface area contributed by atoms with Crippen molar-refractivity contribution in [3.8, 4) is 0 Å². The van der Waals surface area contributed by atoms with Crippen LogP contribution in [0.3, 0.4) is 0 Å². The zero-order valence-corrected chi connectivity index (χ0v) is 12.3. The molecule has 0 bridgehead atoms. The van der Waals surface area contributed by atoms with Crippen LogP contribution in [-0.2, 0) is 28.5 Å². The van der Waals surface area contributed by atoms with E-state index in [0.717, 1.165) is 0 Å². The molecule has 0 saturated heterocycles. The number of esters is 2. The van der Waals surface area contributed by atoms with Crippen LogP contribution in [0.5, 0.6) is 0 Å². The maximum Gasteiger partial charge on any atom is 0.309 e. The summed E-state index contributed by atoms with van der Waals surface area (Å²) in [6.45, 7) is 7.55. The van der Waals surface area contributed by atoms with Crippen molar-refractivity contribution in [3.63, 3.8) is 0 Å². The van der Waals surface area contributed by atoms with Crippen molar-refractivity contribution in [2.45, 2.75) is 19.8 Å². The predicted molar refractivity (Wildman–Crippen MR) is 73.2 cm³/mol. The lowest BCUT2D eigenvalue weighted by molar-refractivity contribution is -0.154. The van der Waals surface area contributed by atoms with Crippen molar-refractivity contribution in [1.82, 2.24) is 0 Å². The highest BCUT2D eigenvalue weighted by molar-refractivity contribution is 5.80. The first kappa shape index (κ1) is 18.6. The lowest BCUT2D eigenvalue weighted by atomic mass is 10.0. The van der Waals surface area contributed by atoms with Crippen molar-refractivity contribution in [2.24, 2.45) is 5.92 Å². The number of methoxy groups -OCH3 is 1. The summed E-state index contributed by atoms with van der Waals surface area (Å²) in [6, 6.07) is 0. The fraction of sp³-hybridized carbons (Fsp3) is 0.714. The van der Waals surface area contributed by atoms with Gasteiger partial charge in [-0.1, -0.05) is 6.08 Å². The van der Waals surface area contributed by atoms with E-state index in [0.29, 0.717) is 32.8 Å². The Balaban J connectivity index is 3.74. The minimum atomic E-state index is -0.538. The Kier molecular flexibility index (Phi) is 11.7. The molecule has 6 heteroatoms. The number of carbonyl (C=O) groups is 2. The summed E-state index contributed by atoms with van der Waals surface area (Å²) in [7, 11) is 1.29. The van der Waals surface area contributed by atoms with Crippen LogP contribution in [0.2, 0.25) is 0 Å². The highest BCUT2D eigenvalue weighted by Crippen LogP contribution is 2.12. The van der Waals surface area contributed by atoms with Gasteiger partial charge in [-0.05, 0) is 13.3 Å². The van der Waals surface area contributed by atoms with Crippen LogP contribution < -0.4 is 0 Å². The first-order chi connectivity index (χ1) is 9.65. The molecule has 0 saturated carbocycles. The first-order valence-electron chi connectivity index (χ1n) is 6.65. The molecule has 0 aliphatic carbocycles. The normalized spacial score (nSPS) is 11.7. The monoisotopic (exact) mass is 288 g/mol. The second kappa shape index (κ2) is 12.6. The van der Waals surface area contributed by atoms with E-state index in [1.807, 2.05) is 6.92 Å². The SMILES string of the molecule is C=CCC(CC(=O)OCCOCCOCC)C(=O)OC. The molecule has 20 heavy (non-hydrogen) atoms. The Morgan fingerprint density at radius 1 is 1.15 bits per heavy atom. The van der Waals surface area contributed by atoms with Gasteiger partial charge in [-0.25, -0.2) is 0 Å². The Hall–Kier alpha value is -1.40. The lowest BCUT2D eigenvalue weighted by Crippen LogP contribution is -2.21. The summed E-state index contributed by atoms with van der Waals surface area (Å²) in [5.74, 6) is -1.42. The molecule has 0 aromatic heterocycles. The van der Waals surface area contributed by atoms with Gasteiger partial charge < -0.3 is 18.9 Å². The van der Waals surface area contributed by atoms with Crippen LogP contribution in [0.25, 0.3) is 0 Å². The predicted octanol–water partition coefficient (Wildman–Crippen LogP) is 1.34. The average Bonchev–Trinajstić information content (AvgIpc) is 2.45. The summed E-state index contributed by atoms with van der Waals surface area (Å²) >= 11 is 0. The third-order valence-corrected chi connectivity index (χ3v) is 2.47. The number of hydrogen-bond acceptors (Lipinski definition) is 6. The molecule has 0 radical (unpaired) electrons. The molecule has 0 aromatic carbocycles. The molecule has 0 aliphatic heterocycles. The minimum Gasteiger partial charge on any atom is -0.469 e. The van der Waals surface area contributed by atoms with Gasteiger partial charge in [-0.15, -0.1) is 6.58 Å². The van der Waals surface area contributed by atoms with Crippen LogP contribution in [0.4, 0.5) is 0 Å². The summed E-state index contributed by atoms with van der Waals surface area (Å²) in [5, 5.41) is 0. The van der Waals surface area contributed by atoms with Crippen LogP contribution in [0.1, 0.15) is 19.8 Å². The van der Waals surface area contributed by atoms with Crippen molar-refractivity contribution < 1.29 is 28.5 Å². The smallest absolute Gasteiger partial charge is 0.309 e. The fourth-order valence-corrected chi connectivity index (χ4v) is 1.47. The van der Waals surface area contributed by atoms with Gasteiger partial charge >= 0.3 is 11.9 Å². The molecule has 1 atom stereocenters. The Bertz CT molecular complexity index is 289. The lowest BCUT2D eigenvalue weighted by Gasteiger charge is -2.12. The third-order valence-electron chi connectivity index (χ3n) is 2.47. The second-order valence-electron chi connectivity index (χ2n) is 3.98. The molecule has 0 rings (SSSR count). The molecule has 0 fully saturated rings. The summed E-state index contributed by atoms with van der Waals surface area (Å²) in [5.41, 5.74) is 0. The van der Waals surface area contributed by atoms with Gasteiger partial charge in [0.05, 0.1) is 39.3 Å². The zero-order chi connectivity index (χ0) is 15.2. The maximum atomic E-state index is 11.5. The fourth-order valence-electron chi connectivity index (χ4n) is 1.47. The molecule has 0 aliphatic rings. The highest BCUT2D eigenvalue weighted by atomic mass is 16.6. The van der Waals surface area contributed by atoms with E-state index in [4.69, 9.17) is 14.2 Å². The van der Waals surface area contributed by atoms with Gasteiger partial charge in [0.15, 0.2) is 0 Å². The van der Waals surface area contributed by atoms with E-state index in [2.05, 4.69) is 11.3 Å². The van der Waals surface area contributed by atoms with Gasteiger partial charge in [0.2, 0.25) is 0 Å². The number of ether oxygens (including phenoxy) is 4. The summed E-state index contributed by atoms with van der Waals surface area (Å²) < 4.78 is 19.9. The van der Waals surface area contributed by atoms with E-state index in [-0.39, 0.29) is 13.0 Å². The van der Waals surface area contributed by atoms with Gasteiger partial charge in [-0.3, -0.25) is 9.59 Å². The van der Waals surface area contributed by atoms with Crippen LogP contribution >= 0.6 is 0 Å². The van der Waals surface area contributed by atoms with Crippen molar-refractivity contribution in [3.05, 3.63) is 12.7 Å². The van der Waals surface area contributed by atoms with Gasteiger partial charge in [0.25, 0.3) is 0 Å². The quantitative estimate of drug-likeness (QED) is 0.306. The molecule has 0 N–H and O–H groups in total. The van der Waals surface area contributed by atoms with Crippen molar-refractivity contribution in [1.29, 1.82) is 0 Å². The largest absolute Gasteiger partial charge is 0.469 e. The molecular formula is C14H24O6. The van der Waals surface area contributed by atoms with E-state index < -0.39 is 17.9 Å². The number of allylic oxidation sites excluding steroid dienone is 1. The average molecular weight is 288 g/mol. The third kappa shape index (κ3) is 9.52. The Labute approximate surface area is 120 Å². The number of rotatable bonds is 12. The van der Waals surface area contributed by atoms with E-state index in [9.17, 15) is 9.59 Å². The van der Waals surface area contributed by atoms with Gasteiger partial charge in [-0.2, -0.15) is 0 Å². The van der Waals surface area contributed by atoms with Gasteiger partial charge in [0, 0.05) is 6.61 Å². The van der Waals surface area contributed by atoms with Crippen LogP contribution in [0, 0.1) is 5.92 Å². The van der Waals surface area contributed by atoms with E-state index in [1.54, 1.807) is 6.08 Å². The van der Waals surface area contributed by atoms with Crippen molar-refractivity contribution in [2.75, 3.05) is 40.1 Å². The number of carbonyl (C=O) groups excluding carboxylic acids is 2. The maximum absolute atomic E-state index is 11.5. The number of hydrogen-bond donors (Lipinski definition) is 0. The van der Waals surface area contributed by atoms with E-state index in [1.165, 1.54) is 7.11 Å². The standard InChI is InChI=1S/C14H24O6/c1-4-6-12(14(16)17-3)11-13(15)20-10-9-19-8-7-18-5-2/h4,12H,1,5-11H2,2-3H3. The van der Waals surface area contributed by atoms with E-state index >= 15 is 0 Å². The Morgan fingerprint density at radius 3 is 2.40 bits per heavy atom. The Morgan fingerprint density at radius 2 is 1.80 bits per heavy atom. The first-order valence-corrected chi connectivity index (χ1v) is 6.65. The molecule has 6 nitrogen and oxygen atoms in total. The molecule has 0 heterocycles. The van der Waals surface area contributed by atoms with Gasteiger partial charge in [0.1, 0.15) is 6.61 Å². The second-order valence-corrected chi connectivity index (χ2v) is 3.98. The molecule has 116 valence electrons. The molecule has 0 aromatic rings. The van der Waals surface area contributed by atoms with Crippen LogP contribution in [-0.4, -0.2) is 52.1 Å². The van der Waals surface area contributed by atoms with Crippen molar-refractivity contribution >= 4 is 11.9 Å². The van der Waals surface area contributed by atoms with Crippen LogP contribution in [0.15, 0.2) is 12.7 Å². The zero-order valence-electron chi connectivity index (χ0n) is 12.3. The topological polar surface area (TPSA) is 71.1 Å². The summed E-state index contributed by atoms with van der Waals surface area (Å²) in [4.78, 5) is 22.9.